The van der Waals surface area contributed by atoms with Crippen molar-refractivity contribution >= 4 is 21.9 Å². The molecular weight excluding hydrogens is 428 g/mol. The van der Waals surface area contributed by atoms with Crippen LogP contribution in [-0.4, -0.2) is 36.3 Å². The number of rotatable bonds is 8. The third-order valence-electron chi connectivity index (χ3n) is 5.80. The van der Waals surface area contributed by atoms with Gasteiger partial charge in [-0.2, -0.15) is 0 Å². The fourth-order valence-corrected chi connectivity index (χ4v) is 4.22. The molecule has 7 heteroatoms. The van der Waals surface area contributed by atoms with Crippen LogP contribution in [0.15, 0.2) is 66.7 Å². The van der Waals surface area contributed by atoms with E-state index in [1.165, 1.54) is 0 Å². The van der Waals surface area contributed by atoms with Crippen LogP contribution in [-0.2, 0) is 13.1 Å². The largest absolute Gasteiger partial charge is 0.493 e. The van der Waals surface area contributed by atoms with E-state index in [0.717, 1.165) is 44.6 Å². The zero-order valence-electron chi connectivity index (χ0n) is 19.4. The summed E-state index contributed by atoms with van der Waals surface area (Å²) in [6.45, 7) is 1.20. The SMILES string of the molecule is COc1cc2nc(-c3ccccc3)c(CNCc3nc4ccccc4[nH]3)cc2c(OC)c1OC. The number of H-pyrrole nitrogens is 1. The molecule has 0 unspecified atom stereocenters. The molecule has 34 heavy (non-hydrogen) atoms. The van der Waals surface area contributed by atoms with E-state index in [9.17, 15) is 0 Å². The standard InChI is InChI=1S/C27H26N4O3/c1-32-23-14-22-19(26(33-2)27(23)34-3)13-18(25(31-22)17-9-5-4-6-10-17)15-28-16-24-29-20-11-7-8-12-21(20)30-24/h4-14,28H,15-16H2,1-3H3,(H,29,30). The van der Waals surface area contributed by atoms with Crippen LogP contribution < -0.4 is 19.5 Å². The summed E-state index contributed by atoms with van der Waals surface area (Å²) in [5, 5.41) is 4.37. The Labute approximate surface area is 197 Å². The van der Waals surface area contributed by atoms with E-state index in [1.807, 2.05) is 48.5 Å². The number of methoxy groups -OCH3 is 3. The van der Waals surface area contributed by atoms with Crippen molar-refractivity contribution in [1.82, 2.24) is 20.3 Å². The van der Waals surface area contributed by atoms with Crippen molar-refractivity contribution in [2.75, 3.05) is 21.3 Å². The van der Waals surface area contributed by atoms with Crippen molar-refractivity contribution in [3.8, 4) is 28.5 Å². The number of ether oxygens (including phenoxy) is 3. The average molecular weight is 455 g/mol. The van der Waals surface area contributed by atoms with Crippen molar-refractivity contribution in [2.24, 2.45) is 0 Å². The predicted octanol–water partition coefficient (Wildman–Crippen LogP) is 5.09. The molecule has 0 aliphatic rings. The molecule has 5 aromatic rings. The van der Waals surface area contributed by atoms with Gasteiger partial charge in [0.15, 0.2) is 11.5 Å². The minimum absolute atomic E-state index is 0.549. The summed E-state index contributed by atoms with van der Waals surface area (Å²) in [6.07, 6.45) is 0. The topological polar surface area (TPSA) is 81.3 Å². The molecule has 2 aromatic heterocycles. The molecule has 0 atom stereocenters. The molecule has 5 rings (SSSR count). The molecule has 7 nitrogen and oxygen atoms in total. The lowest BCUT2D eigenvalue weighted by atomic mass is 10.0. The number of nitrogens with zero attached hydrogens (tertiary/aromatic N) is 2. The number of fused-ring (bicyclic) bond motifs is 2. The van der Waals surface area contributed by atoms with Gasteiger partial charge in [-0.25, -0.2) is 9.97 Å². The maximum absolute atomic E-state index is 5.72. The molecule has 2 N–H and O–H groups in total. The number of nitrogens with one attached hydrogen (secondary N) is 2. The molecule has 0 saturated carbocycles. The van der Waals surface area contributed by atoms with Crippen molar-refractivity contribution in [3.63, 3.8) is 0 Å². The molecule has 0 radical (unpaired) electrons. The summed E-state index contributed by atoms with van der Waals surface area (Å²) >= 11 is 0. The third-order valence-corrected chi connectivity index (χ3v) is 5.80. The van der Waals surface area contributed by atoms with E-state index < -0.39 is 0 Å². The van der Waals surface area contributed by atoms with Crippen LogP contribution in [0.2, 0.25) is 0 Å². The second-order valence-electron chi connectivity index (χ2n) is 7.88. The first kappa shape index (κ1) is 21.7. The zero-order chi connectivity index (χ0) is 23.5. The van der Waals surface area contributed by atoms with E-state index in [2.05, 4.69) is 33.5 Å². The van der Waals surface area contributed by atoms with Gasteiger partial charge in [0.25, 0.3) is 0 Å². The Bertz CT molecular complexity index is 1410. The molecule has 3 aromatic carbocycles. The molecule has 2 heterocycles. The van der Waals surface area contributed by atoms with Gasteiger partial charge in [0, 0.05) is 23.6 Å². The summed E-state index contributed by atoms with van der Waals surface area (Å²) in [7, 11) is 4.84. The van der Waals surface area contributed by atoms with Crippen LogP contribution in [0.1, 0.15) is 11.4 Å². The highest BCUT2D eigenvalue weighted by atomic mass is 16.5. The quantitative estimate of drug-likeness (QED) is 0.340. The summed E-state index contributed by atoms with van der Waals surface area (Å²) < 4.78 is 16.8. The molecule has 0 amide bonds. The molecular formula is C27H26N4O3. The minimum atomic E-state index is 0.549. The van der Waals surface area contributed by atoms with E-state index in [1.54, 1.807) is 21.3 Å². The highest BCUT2D eigenvalue weighted by Crippen LogP contribution is 2.44. The van der Waals surface area contributed by atoms with Crippen LogP contribution in [0.4, 0.5) is 0 Å². The van der Waals surface area contributed by atoms with Crippen LogP contribution in [0.3, 0.4) is 0 Å². The summed E-state index contributed by atoms with van der Waals surface area (Å²) in [5.74, 6) is 2.62. The molecule has 0 aliphatic heterocycles. The van der Waals surface area contributed by atoms with Crippen LogP contribution in [0.5, 0.6) is 17.2 Å². The Morgan fingerprint density at radius 2 is 1.53 bits per heavy atom. The van der Waals surface area contributed by atoms with Gasteiger partial charge >= 0.3 is 0 Å². The van der Waals surface area contributed by atoms with Crippen LogP contribution >= 0.6 is 0 Å². The predicted molar refractivity (Wildman–Crippen MR) is 133 cm³/mol. The van der Waals surface area contributed by atoms with Gasteiger partial charge in [0.1, 0.15) is 5.82 Å². The number of hydrogen-bond donors (Lipinski definition) is 2. The van der Waals surface area contributed by atoms with Crippen LogP contribution in [0.25, 0.3) is 33.2 Å². The first-order valence-corrected chi connectivity index (χ1v) is 11.0. The molecule has 172 valence electrons. The Morgan fingerprint density at radius 3 is 2.26 bits per heavy atom. The average Bonchev–Trinajstić information content (AvgIpc) is 3.30. The van der Waals surface area contributed by atoms with Gasteiger partial charge in [-0.15, -0.1) is 0 Å². The highest BCUT2D eigenvalue weighted by molar-refractivity contribution is 5.93. The zero-order valence-corrected chi connectivity index (χ0v) is 19.4. The number of aromatic amines is 1. The second-order valence-corrected chi connectivity index (χ2v) is 7.88. The molecule has 0 spiro atoms. The van der Waals surface area contributed by atoms with Crippen molar-refractivity contribution in [2.45, 2.75) is 13.1 Å². The van der Waals surface area contributed by atoms with Crippen molar-refractivity contribution in [3.05, 3.63) is 78.1 Å². The number of pyridine rings is 1. The van der Waals surface area contributed by atoms with Gasteiger partial charge in [0.2, 0.25) is 5.75 Å². The number of para-hydroxylation sites is 2. The lowest BCUT2D eigenvalue weighted by Gasteiger charge is -2.17. The summed E-state index contributed by atoms with van der Waals surface area (Å²) in [6, 6.07) is 22.2. The fraction of sp³-hybridized carbons (Fsp3) is 0.185. The lowest BCUT2D eigenvalue weighted by molar-refractivity contribution is 0.327. The third kappa shape index (κ3) is 4.02. The van der Waals surface area contributed by atoms with Crippen LogP contribution in [0, 0.1) is 0 Å². The Kier molecular flexibility index (Phi) is 6.01. The van der Waals surface area contributed by atoms with E-state index in [0.29, 0.717) is 30.3 Å². The molecule has 0 aliphatic carbocycles. The highest BCUT2D eigenvalue weighted by Gasteiger charge is 2.19. The lowest BCUT2D eigenvalue weighted by Crippen LogP contribution is -2.15. The number of aromatic nitrogens is 3. The fourth-order valence-electron chi connectivity index (χ4n) is 4.22. The second kappa shape index (κ2) is 9.41. The first-order valence-electron chi connectivity index (χ1n) is 11.0. The number of benzene rings is 3. The van der Waals surface area contributed by atoms with Gasteiger partial charge in [-0.05, 0) is 23.8 Å². The van der Waals surface area contributed by atoms with Gasteiger partial charge < -0.3 is 24.5 Å². The van der Waals surface area contributed by atoms with Gasteiger partial charge in [-0.3, -0.25) is 0 Å². The summed E-state index contributed by atoms with van der Waals surface area (Å²) in [5.41, 5.74) is 5.75. The Morgan fingerprint density at radius 1 is 0.765 bits per heavy atom. The van der Waals surface area contributed by atoms with Gasteiger partial charge in [0.05, 0.1) is 50.1 Å². The maximum atomic E-state index is 5.72. The molecule has 0 fully saturated rings. The van der Waals surface area contributed by atoms with E-state index in [4.69, 9.17) is 19.2 Å². The Hall–Kier alpha value is -4.10. The molecule has 0 bridgehead atoms. The summed E-state index contributed by atoms with van der Waals surface area (Å²) in [4.78, 5) is 13.0. The van der Waals surface area contributed by atoms with E-state index >= 15 is 0 Å². The smallest absolute Gasteiger partial charge is 0.204 e. The Balaban J connectivity index is 1.55. The number of imidazole rings is 1. The van der Waals surface area contributed by atoms with Gasteiger partial charge in [-0.1, -0.05) is 42.5 Å². The normalized spacial score (nSPS) is 11.1. The molecule has 0 saturated heterocycles. The minimum Gasteiger partial charge on any atom is -0.493 e. The van der Waals surface area contributed by atoms with E-state index in [-0.39, 0.29) is 0 Å². The monoisotopic (exact) mass is 454 g/mol. The van der Waals surface area contributed by atoms with Crippen molar-refractivity contribution < 1.29 is 14.2 Å². The maximum Gasteiger partial charge on any atom is 0.204 e. The number of hydrogen-bond acceptors (Lipinski definition) is 6. The first-order chi connectivity index (χ1) is 16.7. The van der Waals surface area contributed by atoms with Crippen molar-refractivity contribution in [1.29, 1.82) is 0 Å².